The van der Waals surface area contributed by atoms with E-state index in [1.807, 2.05) is 24.3 Å². The van der Waals surface area contributed by atoms with E-state index in [0.717, 1.165) is 35.3 Å². The van der Waals surface area contributed by atoms with Crippen LogP contribution in [0.2, 0.25) is 5.02 Å². The van der Waals surface area contributed by atoms with Crippen LogP contribution in [0.3, 0.4) is 0 Å². The second-order valence-electron chi connectivity index (χ2n) is 4.69. The summed E-state index contributed by atoms with van der Waals surface area (Å²) >= 11 is 9.64. The molecule has 0 atom stereocenters. The third-order valence-corrected chi connectivity index (χ3v) is 4.12. The SMILES string of the molecule is CCCNCc1cc(OCc2ccncc2Cl)ccc1Br. The molecule has 0 fully saturated rings. The normalized spacial score (nSPS) is 10.6. The average molecular weight is 370 g/mol. The maximum atomic E-state index is 6.07. The van der Waals surface area contributed by atoms with Crippen molar-refractivity contribution in [2.45, 2.75) is 26.5 Å². The Morgan fingerprint density at radius 3 is 2.90 bits per heavy atom. The maximum Gasteiger partial charge on any atom is 0.120 e. The highest BCUT2D eigenvalue weighted by Gasteiger charge is 2.04. The zero-order chi connectivity index (χ0) is 15.1. The highest BCUT2D eigenvalue weighted by atomic mass is 79.9. The quantitative estimate of drug-likeness (QED) is 0.726. The summed E-state index contributed by atoms with van der Waals surface area (Å²) < 4.78 is 6.90. The molecule has 0 amide bonds. The predicted molar refractivity (Wildman–Crippen MR) is 89.7 cm³/mol. The Morgan fingerprint density at radius 2 is 2.14 bits per heavy atom. The summed E-state index contributed by atoms with van der Waals surface area (Å²) in [5.74, 6) is 0.833. The first-order chi connectivity index (χ1) is 10.2. The van der Waals surface area contributed by atoms with E-state index in [4.69, 9.17) is 16.3 Å². The molecule has 1 N–H and O–H groups in total. The van der Waals surface area contributed by atoms with Crippen molar-refractivity contribution in [2.75, 3.05) is 6.54 Å². The molecule has 2 aromatic rings. The summed E-state index contributed by atoms with van der Waals surface area (Å²) in [5.41, 5.74) is 2.11. The lowest BCUT2D eigenvalue weighted by Crippen LogP contribution is -2.14. The van der Waals surface area contributed by atoms with E-state index in [1.54, 1.807) is 12.4 Å². The molecule has 0 spiro atoms. The molecule has 112 valence electrons. The van der Waals surface area contributed by atoms with Gasteiger partial charge in [-0.15, -0.1) is 0 Å². The molecule has 2 rings (SSSR count). The van der Waals surface area contributed by atoms with Gasteiger partial charge in [-0.25, -0.2) is 0 Å². The molecular weight excluding hydrogens is 352 g/mol. The minimum atomic E-state index is 0.435. The van der Waals surface area contributed by atoms with Crippen LogP contribution in [-0.4, -0.2) is 11.5 Å². The number of rotatable bonds is 7. The number of nitrogens with zero attached hydrogens (tertiary/aromatic N) is 1. The van der Waals surface area contributed by atoms with Gasteiger partial charge in [0.15, 0.2) is 0 Å². The van der Waals surface area contributed by atoms with Crippen molar-refractivity contribution in [3.05, 3.63) is 57.3 Å². The van der Waals surface area contributed by atoms with Crippen molar-refractivity contribution in [3.8, 4) is 5.75 Å². The van der Waals surface area contributed by atoms with Gasteiger partial charge < -0.3 is 10.1 Å². The van der Waals surface area contributed by atoms with E-state index < -0.39 is 0 Å². The molecule has 0 saturated carbocycles. The molecule has 0 aliphatic rings. The van der Waals surface area contributed by atoms with Crippen molar-refractivity contribution in [3.63, 3.8) is 0 Å². The van der Waals surface area contributed by atoms with Crippen LogP contribution in [0, 0.1) is 0 Å². The van der Waals surface area contributed by atoms with E-state index in [2.05, 4.69) is 33.2 Å². The van der Waals surface area contributed by atoms with Gasteiger partial charge in [0.1, 0.15) is 12.4 Å². The van der Waals surface area contributed by atoms with E-state index in [-0.39, 0.29) is 0 Å². The Bertz CT molecular complexity index is 592. The summed E-state index contributed by atoms with van der Waals surface area (Å²) in [6.45, 7) is 4.41. The maximum absolute atomic E-state index is 6.07. The number of halogens is 2. The van der Waals surface area contributed by atoms with Gasteiger partial charge in [-0.1, -0.05) is 34.5 Å². The van der Waals surface area contributed by atoms with E-state index in [9.17, 15) is 0 Å². The zero-order valence-electron chi connectivity index (χ0n) is 11.9. The number of pyridine rings is 1. The van der Waals surface area contributed by atoms with Crippen LogP contribution in [-0.2, 0) is 13.2 Å². The van der Waals surface area contributed by atoms with Crippen LogP contribution in [0.5, 0.6) is 5.75 Å². The van der Waals surface area contributed by atoms with Crippen LogP contribution in [0.25, 0.3) is 0 Å². The number of hydrogen-bond acceptors (Lipinski definition) is 3. The van der Waals surface area contributed by atoms with Crippen molar-refractivity contribution >= 4 is 27.5 Å². The largest absolute Gasteiger partial charge is 0.489 e. The summed E-state index contributed by atoms with van der Waals surface area (Å²) in [5, 5.41) is 4.01. The lowest BCUT2D eigenvalue weighted by atomic mass is 10.2. The van der Waals surface area contributed by atoms with Gasteiger partial charge in [-0.2, -0.15) is 0 Å². The second kappa shape index (κ2) is 8.37. The lowest BCUT2D eigenvalue weighted by Gasteiger charge is -2.11. The molecular formula is C16H18BrClN2O. The van der Waals surface area contributed by atoms with Crippen LogP contribution in [0.1, 0.15) is 24.5 Å². The third-order valence-electron chi connectivity index (χ3n) is 3.01. The molecule has 1 heterocycles. The van der Waals surface area contributed by atoms with E-state index >= 15 is 0 Å². The smallest absolute Gasteiger partial charge is 0.120 e. The minimum Gasteiger partial charge on any atom is -0.489 e. The number of nitrogens with one attached hydrogen (secondary N) is 1. The van der Waals surface area contributed by atoms with Crippen LogP contribution < -0.4 is 10.1 Å². The average Bonchev–Trinajstić information content (AvgIpc) is 2.49. The van der Waals surface area contributed by atoms with Gasteiger partial charge in [0.05, 0.1) is 5.02 Å². The highest BCUT2D eigenvalue weighted by Crippen LogP contribution is 2.24. The molecule has 1 aromatic carbocycles. The van der Waals surface area contributed by atoms with Crippen molar-refractivity contribution < 1.29 is 4.74 Å². The Balaban J connectivity index is 2.00. The summed E-state index contributed by atoms with van der Waals surface area (Å²) in [6.07, 6.45) is 4.46. The van der Waals surface area contributed by atoms with Gasteiger partial charge in [0, 0.05) is 29.0 Å². The van der Waals surface area contributed by atoms with Crippen molar-refractivity contribution in [1.29, 1.82) is 0 Å². The first-order valence-corrected chi connectivity index (χ1v) is 8.08. The molecule has 0 radical (unpaired) electrons. The Morgan fingerprint density at radius 1 is 1.29 bits per heavy atom. The van der Waals surface area contributed by atoms with Crippen LogP contribution in [0.4, 0.5) is 0 Å². The summed E-state index contributed by atoms with van der Waals surface area (Å²) in [7, 11) is 0. The monoisotopic (exact) mass is 368 g/mol. The van der Waals surface area contributed by atoms with Gasteiger partial charge in [-0.3, -0.25) is 4.98 Å². The summed E-state index contributed by atoms with van der Waals surface area (Å²) in [4.78, 5) is 3.97. The number of benzene rings is 1. The first kappa shape index (κ1) is 16.3. The Hall–Kier alpha value is -1.10. The fourth-order valence-electron chi connectivity index (χ4n) is 1.86. The van der Waals surface area contributed by atoms with Gasteiger partial charge in [0.25, 0.3) is 0 Å². The van der Waals surface area contributed by atoms with Crippen molar-refractivity contribution in [2.24, 2.45) is 0 Å². The topological polar surface area (TPSA) is 34.1 Å². The minimum absolute atomic E-state index is 0.435. The molecule has 0 unspecified atom stereocenters. The van der Waals surface area contributed by atoms with Crippen molar-refractivity contribution in [1.82, 2.24) is 10.3 Å². The summed E-state index contributed by atoms with van der Waals surface area (Å²) in [6, 6.07) is 7.86. The molecule has 3 nitrogen and oxygen atoms in total. The molecule has 0 aliphatic carbocycles. The Kier molecular flexibility index (Phi) is 6.49. The second-order valence-corrected chi connectivity index (χ2v) is 5.95. The predicted octanol–water partition coefficient (Wildman–Crippen LogP) is 4.58. The Labute approximate surface area is 138 Å². The molecule has 0 aliphatic heterocycles. The lowest BCUT2D eigenvalue weighted by molar-refractivity contribution is 0.305. The number of aromatic nitrogens is 1. The van der Waals surface area contributed by atoms with Gasteiger partial charge >= 0.3 is 0 Å². The van der Waals surface area contributed by atoms with Crippen LogP contribution >= 0.6 is 27.5 Å². The van der Waals surface area contributed by atoms with Crippen LogP contribution in [0.15, 0.2) is 41.1 Å². The molecule has 5 heteroatoms. The molecule has 0 bridgehead atoms. The zero-order valence-corrected chi connectivity index (χ0v) is 14.2. The van der Waals surface area contributed by atoms with Gasteiger partial charge in [0.2, 0.25) is 0 Å². The van der Waals surface area contributed by atoms with Gasteiger partial charge in [-0.05, 0) is 42.8 Å². The number of hydrogen-bond donors (Lipinski definition) is 1. The fraction of sp³-hybridized carbons (Fsp3) is 0.312. The molecule has 0 saturated heterocycles. The molecule has 21 heavy (non-hydrogen) atoms. The fourth-order valence-corrected chi connectivity index (χ4v) is 2.42. The molecule has 1 aromatic heterocycles. The standard InChI is InChI=1S/C16H18BrClN2O/c1-2-6-19-9-13-8-14(3-4-15(13)17)21-11-12-5-7-20-10-16(12)18/h3-5,7-8,10,19H,2,6,9,11H2,1H3. The van der Waals surface area contributed by atoms with E-state index in [0.29, 0.717) is 11.6 Å². The van der Waals surface area contributed by atoms with E-state index in [1.165, 1.54) is 5.56 Å². The number of ether oxygens (including phenoxy) is 1. The highest BCUT2D eigenvalue weighted by molar-refractivity contribution is 9.10. The first-order valence-electron chi connectivity index (χ1n) is 6.91. The third kappa shape index (κ3) is 4.99.